The molecule has 4 aliphatic heterocycles. The average Bonchev–Trinajstić information content (AvgIpc) is 2.94. The van der Waals surface area contributed by atoms with Crippen molar-refractivity contribution in [2.75, 3.05) is 52.4 Å². The molecule has 1 aromatic carbocycles. The number of nitro benzene ring substituents is 1. The molecule has 5 rings (SSSR count). The third kappa shape index (κ3) is 2.68. The van der Waals surface area contributed by atoms with E-state index in [4.69, 9.17) is 0 Å². The zero-order chi connectivity index (χ0) is 17.9. The van der Waals surface area contributed by atoms with E-state index in [0.29, 0.717) is 6.17 Å². The monoisotopic (exact) mass is 437 g/mol. The molecule has 1 aromatic rings. The number of nitrogens with zero attached hydrogens (tertiary/aromatic N) is 5. The molecule has 4 aliphatic rings. The van der Waals surface area contributed by atoms with Crippen LogP contribution in [0.4, 0.5) is 5.69 Å². The highest BCUT2D eigenvalue weighted by molar-refractivity contribution is 5.32. The van der Waals surface area contributed by atoms with Crippen molar-refractivity contribution in [1.29, 1.82) is 0 Å². The highest BCUT2D eigenvalue weighted by atomic mass is 79.9. The summed E-state index contributed by atoms with van der Waals surface area (Å²) in [4.78, 5) is 18.8. The van der Waals surface area contributed by atoms with Gasteiger partial charge in [0.2, 0.25) is 0 Å². The predicted octanol–water partition coefficient (Wildman–Crippen LogP) is -1.69. The van der Waals surface area contributed by atoms with Gasteiger partial charge in [-0.05, 0) is 18.6 Å². The Kier molecular flexibility index (Phi) is 4.83. The zero-order valence-corrected chi connectivity index (χ0v) is 17.5. The molecule has 0 N–H and O–H groups in total. The highest BCUT2D eigenvalue weighted by Crippen LogP contribution is 2.47. The molecule has 27 heavy (non-hydrogen) atoms. The Hall–Kier alpha value is -1.06. The zero-order valence-electron chi connectivity index (χ0n) is 15.9. The van der Waals surface area contributed by atoms with Crippen molar-refractivity contribution in [2.24, 2.45) is 0 Å². The van der Waals surface area contributed by atoms with Crippen molar-refractivity contribution in [3.63, 3.8) is 0 Å². The molecule has 4 heterocycles. The summed E-state index contributed by atoms with van der Waals surface area (Å²) >= 11 is 0. The standard InChI is InChI=1S/C19H28N5O2.BrH/c1-19-18-20-7-2-8-21(18)11-13-24(19,14-12-22(19)10-9-20)15-16-3-5-17(6-4-16)23(25)26;/h3-6,18H,2,7-15H2,1H3;1H/q+1;/p-1/t18-,19+,24?;/m0./s1. The summed E-state index contributed by atoms with van der Waals surface area (Å²) in [6.45, 7) is 13.0. The van der Waals surface area contributed by atoms with Crippen molar-refractivity contribution >= 4 is 5.69 Å². The van der Waals surface area contributed by atoms with Crippen LogP contribution in [0.25, 0.3) is 0 Å². The second-order valence-corrected chi connectivity index (χ2v) is 8.55. The molecule has 0 bridgehead atoms. The van der Waals surface area contributed by atoms with Gasteiger partial charge in [-0.1, -0.05) is 0 Å². The fraction of sp³-hybridized carbons (Fsp3) is 0.684. The maximum atomic E-state index is 11.0. The normalized spacial score (nSPS) is 36.1. The van der Waals surface area contributed by atoms with Gasteiger partial charge in [0.15, 0.2) is 5.66 Å². The number of piperazine rings is 2. The van der Waals surface area contributed by atoms with E-state index < -0.39 is 0 Å². The van der Waals surface area contributed by atoms with E-state index >= 15 is 0 Å². The van der Waals surface area contributed by atoms with E-state index in [-0.39, 0.29) is 33.3 Å². The maximum Gasteiger partial charge on any atom is 0.269 e. The van der Waals surface area contributed by atoms with Crippen LogP contribution < -0.4 is 17.0 Å². The van der Waals surface area contributed by atoms with E-state index in [0.717, 1.165) is 17.6 Å². The van der Waals surface area contributed by atoms with E-state index in [2.05, 4.69) is 21.6 Å². The molecule has 8 heteroatoms. The summed E-state index contributed by atoms with van der Waals surface area (Å²) in [5.74, 6) is 0. The fourth-order valence-electron chi connectivity index (χ4n) is 6.22. The molecule has 148 valence electrons. The number of halogens is 1. The smallest absolute Gasteiger partial charge is 0.269 e. The summed E-state index contributed by atoms with van der Waals surface area (Å²) in [5.41, 5.74) is 1.53. The van der Waals surface area contributed by atoms with Gasteiger partial charge in [0.05, 0.1) is 24.6 Å². The molecule has 0 saturated carbocycles. The Morgan fingerprint density at radius 2 is 1.74 bits per heavy atom. The number of non-ortho nitro benzene ring substituents is 1. The Morgan fingerprint density at radius 1 is 1.07 bits per heavy atom. The minimum absolute atomic E-state index is 0. The van der Waals surface area contributed by atoms with E-state index in [9.17, 15) is 10.1 Å². The first kappa shape index (κ1) is 19.3. The minimum Gasteiger partial charge on any atom is -1.00 e. The predicted molar refractivity (Wildman–Crippen MR) is 98.3 cm³/mol. The maximum absolute atomic E-state index is 11.0. The van der Waals surface area contributed by atoms with Crippen LogP contribution >= 0.6 is 0 Å². The van der Waals surface area contributed by atoms with Crippen molar-refractivity contribution in [3.8, 4) is 0 Å². The Morgan fingerprint density at radius 3 is 2.44 bits per heavy atom. The third-order valence-corrected chi connectivity index (χ3v) is 7.57. The van der Waals surface area contributed by atoms with Gasteiger partial charge >= 0.3 is 0 Å². The SMILES string of the molecule is C[C@]12[C@H]3N4CCCN3CC[N+]1(Cc1ccc([N+](=O)[O-])cc1)CCN2CC4.[Br-]. The summed E-state index contributed by atoms with van der Waals surface area (Å²) in [6, 6.07) is 7.25. The number of hydrogen-bond acceptors (Lipinski definition) is 5. The van der Waals surface area contributed by atoms with Crippen molar-refractivity contribution in [2.45, 2.75) is 31.7 Å². The highest BCUT2D eigenvalue weighted by Gasteiger charge is 2.67. The molecule has 4 fully saturated rings. The third-order valence-electron chi connectivity index (χ3n) is 7.57. The first-order valence-corrected chi connectivity index (χ1v) is 9.86. The fourth-order valence-corrected chi connectivity index (χ4v) is 6.22. The summed E-state index contributed by atoms with van der Waals surface area (Å²) in [6.07, 6.45) is 1.80. The lowest BCUT2D eigenvalue weighted by atomic mass is 9.91. The van der Waals surface area contributed by atoms with Crippen LogP contribution in [-0.4, -0.2) is 88.3 Å². The van der Waals surface area contributed by atoms with E-state index in [1.807, 2.05) is 12.1 Å². The number of benzene rings is 1. The van der Waals surface area contributed by atoms with Gasteiger partial charge in [0, 0.05) is 57.3 Å². The minimum atomic E-state index is -0.310. The largest absolute Gasteiger partial charge is 1.00 e. The molecule has 0 aromatic heterocycles. The van der Waals surface area contributed by atoms with Crippen molar-refractivity contribution in [1.82, 2.24) is 14.7 Å². The van der Waals surface area contributed by atoms with Crippen LogP contribution in [0.15, 0.2) is 24.3 Å². The van der Waals surface area contributed by atoms with Gasteiger partial charge in [-0.2, -0.15) is 0 Å². The van der Waals surface area contributed by atoms with Crippen LogP contribution in [0, 0.1) is 10.1 Å². The van der Waals surface area contributed by atoms with E-state index in [1.165, 1.54) is 57.8 Å². The van der Waals surface area contributed by atoms with Gasteiger partial charge in [-0.15, -0.1) is 0 Å². The molecule has 0 radical (unpaired) electrons. The molecule has 0 amide bonds. The Bertz CT molecular complexity index is 725. The summed E-state index contributed by atoms with van der Waals surface area (Å²) in [7, 11) is 0. The number of rotatable bonds is 3. The number of quaternary nitrogens is 1. The first-order valence-electron chi connectivity index (χ1n) is 9.86. The quantitative estimate of drug-likeness (QED) is 0.320. The van der Waals surface area contributed by atoms with Crippen LogP contribution in [0.1, 0.15) is 18.9 Å². The Balaban J connectivity index is 0.00000180. The molecule has 0 spiro atoms. The van der Waals surface area contributed by atoms with Gasteiger partial charge in [0.25, 0.3) is 5.69 Å². The summed E-state index contributed by atoms with van der Waals surface area (Å²) in [5, 5.41) is 11.0. The topological polar surface area (TPSA) is 52.9 Å². The molecule has 3 atom stereocenters. The van der Waals surface area contributed by atoms with Gasteiger partial charge in [-0.25, -0.2) is 4.90 Å². The lowest BCUT2D eigenvalue weighted by molar-refractivity contribution is -0.991. The van der Waals surface area contributed by atoms with Crippen LogP contribution in [-0.2, 0) is 6.54 Å². The van der Waals surface area contributed by atoms with Gasteiger partial charge in [-0.3, -0.25) is 24.4 Å². The van der Waals surface area contributed by atoms with Crippen LogP contribution in [0.2, 0.25) is 0 Å². The number of nitro groups is 1. The number of hydrogen-bond donors (Lipinski definition) is 0. The van der Waals surface area contributed by atoms with Crippen molar-refractivity contribution in [3.05, 3.63) is 39.9 Å². The molecule has 1 unspecified atom stereocenters. The van der Waals surface area contributed by atoms with Crippen LogP contribution in [0.5, 0.6) is 0 Å². The molecule has 4 saturated heterocycles. The van der Waals surface area contributed by atoms with E-state index in [1.54, 1.807) is 12.1 Å². The average molecular weight is 438 g/mol. The summed E-state index contributed by atoms with van der Waals surface area (Å²) < 4.78 is 1.10. The molecule has 0 aliphatic carbocycles. The first-order chi connectivity index (χ1) is 12.5. The second kappa shape index (κ2) is 6.77. The molecular formula is C19H28BrN5O2. The Labute approximate surface area is 171 Å². The lowest BCUT2D eigenvalue weighted by Gasteiger charge is -2.64. The molecule has 7 nitrogen and oxygen atoms in total. The van der Waals surface area contributed by atoms with Gasteiger partial charge in [0.1, 0.15) is 12.7 Å². The van der Waals surface area contributed by atoms with Gasteiger partial charge < -0.3 is 17.0 Å². The second-order valence-electron chi connectivity index (χ2n) is 8.55. The lowest BCUT2D eigenvalue weighted by Crippen LogP contribution is -3.00. The van der Waals surface area contributed by atoms with Crippen LogP contribution in [0.3, 0.4) is 0 Å². The molecular weight excluding hydrogens is 410 g/mol. The van der Waals surface area contributed by atoms with Crippen molar-refractivity contribution < 1.29 is 26.4 Å².